The van der Waals surface area contributed by atoms with E-state index in [9.17, 15) is 4.39 Å². The Labute approximate surface area is 108 Å². The summed E-state index contributed by atoms with van der Waals surface area (Å²) in [5.74, 6) is -0.409. The first-order valence-corrected chi connectivity index (χ1v) is 5.49. The van der Waals surface area contributed by atoms with Crippen LogP contribution in [0.25, 0.3) is 0 Å². The highest BCUT2D eigenvalue weighted by molar-refractivity contribution is 6.29. The second kappa shape index (κ2) is 5.07. The molecule has 92 valence electrons. The van der Waals surface area contributed by atoms with Crippen LogP contribution < -0.4 is 4.74 Å². The van der Waals surface area contributed by atoms with Gasteiger partial charge in [-0.05, 0) is 12.1 Å². The van der Waals surface area contributed by atoms with E-state index >= 15 is 0 Å². The fraction of sp³-hybridized carbons (Fsp3) is 0.167. The maximum atomic E-state index is 13.3. The molecule has 0 N–H and O–H groups in total. The van der Waals surface area contributed by atoms with Crippen LogP contribution in [0.4, 0.5) is 4.39 Å². The average Bonchev–Trinajstić information content (AvgIpc) is 2.66. The van der Waals surface area contributed by atoms with Crippen molar-refractivity contribution >= 4 is 11.6 Å². The Morgan fingerprint density at radius 3 is 2.94 bits per heavy atom. The van der Waals surface area contributed by atoms with Crippen molar-refractivity contribution in [3.05, 3.63) is 46.5 Å². The second-order valence-electron chi connectivity index (χ2n) is 3.60. The van der Waals surface area contributed by atoms with Gasteiger partial charge in [-0.15, -0.1) is 0 Å². The lowest BCUT2D eigenvalue weighted by Gasteiger charge is -2.06. The summed E-state index contributed by atoms with van der Waals surface area (Å²) >= 11 is 5.83. The van der Waals surface area contributed by atoms with Crippen molar-refractivity contribution in [3.63, 3.8) is 0 Å². The first-order chi connectivity index (χ1) is 8.61. The molecule has 2 rings (SSSR count). The molecule has 2 aromatic rings. The van der Waals surface area contributed by atoms with Crippen molar-refractivity contribution in [3.8, 4) is 11.8 Å². The standard InChI is InChI=1S/C12H9ClFN3O/c1-17-12(13)5-8(16-17)7-18-11-4-2-3-10(14)9(11)6-15/h2-5H,7H2,1H3. The molecule has 1 heterocycles. The molecule has 0 aliphatic rings. The van der Waals surface area contributed by atoms with Crippen LogP contribution in [0.2, 0.25) is 5.15 Å². The molecule has 1 aromatic carbocycles. The van der Waals surface area contributed by atoms with E-state index in [2.05, 4.69) is 5.10 Å². The largest absolute Gasteiger partial charge is 0.486 e. The lowest BCUT2D eigenvalue weighted by molar-refractivity contribution is 0.297. The zero-order valence-electron chi connectivity index (χ0n) is 9.52. The Hall–Kier alpha value is -2.06. The number of nitrogens with zero attached hydrogens (tertiary/aromatic N) is 3. The van der Waals surface area contributed by atoms with Gasteiger partial charge < -0.3 is 4.74 Å². The van der Waals surface area contributed by atoms with Crippen LogP contribution in [0.3, 0.4) is 0 Å². The number of hydrogen-bond acceptors (Lipinski definition) is 3. The summed E-state index contributed by atoms with van der Waals surface area (Å²) in [7, 11) is 1.70. The van der Waals surface area contributed by atoms with Gasteiger partial charge in [-0.2, -0.15) is 10.4 Å². The Balaban J connectivity index is 2.16. The van der Waals surface area contributed by atoms with Gasteiger partial charge in [-0.25, -0.2) is 4.39 Å². The van der Waals surface area contributed by atoms with Gasteiger partial charge in [0.2, 0.25) is 0 Å². The SMILES string of the molecule is Cn1nc(COc2cccc(F)c2C#N)cc1Cl. The third-order valence-corrected chi connectivity index (χ3v) is 2.69. The topological polar surface area (TPSA) is 50.8 Å². The summed E-state index contributed by atoms with van der Waals surface area (Å²) in [6.45, 7) is 0.124. The van der Waals surface area contributed by atoms with E-state index in [0.717, 1.165) is 0 Å². The molecular weight excluding hydrogens is 257 g/mol. The summed E-state index contributed by atoms with van der Waals surface area (Å²) in [6, 6.07) is 7.64. The van der Waals surface area contributed by atoms with Gasteiger partial charge in [-0.1, -0.05) is 17.7 Å². The van der Waals surface area contributed by atoms with Crippen molar-refractivity contribution in [1.29, 1.82) is 5.26 Å². The number of nitriles is 1. The minimum atomic E-state index is -0.603. The highest BCUT2D eigenvalue weighted by Gasteiger charge is 2.10. The van der Waals surface area contributed by atoms with Crippen LogP contribution in [0.15, 0.2) is 24.3 Å². The molecule has 0 aliphatic carbocycles. The molecule has 4 nitrogen and oxygen atoms in total. The van der Waals surface area contributed by atoms with Crippen LogP contribution in [0.5, 0.6) is 5.75 Å². The minimum absolute atomic E-state index is 0.112. The smallest absolute Gasteiger partial charge is 0.144 e. The van der Waals surface area contributed by atoms with Gasteiger partial charge in [0.1, 0.15) is 40.7 Å². The van der Waals surface area contributed by atoms with Gasteiger partial charge in [0.05, 0.1) is 0 Å². The summed E-state index contributed by atoms with van der Waals surface area (Å²) in [5, 5.41) is 13.4. The molecule has 0 bridgehead atoms. The van der Waals surface area contributed by atoms with Crippen LogP contribution in [0, 0.1) is 17.1 Å². The average molecular weight is 266 g/mol. The molecule has 0 saturated carbocycles. The number of aromatic nitrogens is 2. The lowest BCUT2D eigenvalue weighted by atomic mass is 10.2. The van der Waals surface area contributed by atoms with Crippen molar-refractivity contribution in [2.75, 3.05) is 0 Å². The summed E-state index contributed by atoms with van der Waals surface area (Å²) in [6.07, 6.45) is 0. The molecule has 0 atom stereocenters. The Bertz CT molecular complexity index is 599. The Morgan fingerprint density at radius 1 is 1.56 bits per heavy atom. The van der Waals surface area contributed by atoms with Crippen molar-refractivity contribution < 1.29 is 9.13 Å². The molecule has 6 heteroatoms. The lowest BCUT2D eigenvalue weighted by Crippen LogP contribution is -2.00. The van der Waals surface area contributed by atoms with Crippen LogP contribution in [-0.2, 0) is 13.7 Å². The van der Waals surface area contributed by atoms with E-state index in [4.69, 9.17) is 21.6 Å². The predicted molar refractivity (Wildman–Crippen MR) is 63.7 cm³/mol. The number of hydrogen-bond donors (Lipinski definition) is 0. The number of ether oxygens (including phenoxy) is 1. The van der Waals surface area contributed by atoms with Crippen LogP contribution >= 0.6 is 11.6 Å². The molecule has 0 spiro atoms. The number of rotatable bonds is 3. The van der Waals surface area contributed by atoms with Gasteiger partial charge in [0.15, 0.2) is 0 Å². The first-order valence-electron chi connectivity index (χ1n) is 5.11. The molecule has 0 amide bonds. The van der Waals surface area contributed by atoms with Crippen molar-refractivity contribution in [2.24, 2.45) is 7.05 Å². The molecule has 0 saturated heterocycles. The van der Waals surface area contributed by atoms with E-state index in [1.807, 2.05) is 0 Å². The molecular formula is C12H9ClFN3O. The normalized spacial score (nSPS) is 10.1. The quantitative estimate of drug-likeness (QED) is 0.857. The third kappa shape index (κ3) is 2.44. The third-order valence-electron chi connectivity index (χ3n) is 2.34. The maximum absolute atomic E-state index is 13.3. The van der Waals surface area contributed by atoms with Gasteiger partial charge >= 0.3 is 0 Å². The summed E-state index contributed by atoms with van der Waals surface area (Å²) < 4.78 is 20.2. The molecule has 0 fully saturated rings. The minimum Gasteiger partial charge on any atom is -0.486 e. The summed E-state index contributed by atoms with van der Waals surface area (Å²) in [5.41, 5.74) is 0.496. The van der Waals surface area contributed by atoms with Crippen molar-refractivity contribution in [2.45, 2.75) is 6.61 Å². The van der Waals surface area contributed by atoms with Crippen LogP contribution in [0.1, 0.15) is 11.3 Å². The van der Waals surface area contributed by atoms with E-state index in [-0.39, 0.29) is 17.9 Å². The fourth-order valence-electron chi connectivity index (χ4n) is 1.46. The van der Waals surface area contributed by atoms with E-state index in [1.54, 1.807) is 19.2 Å². The fourth-order valence-corrected chi connectivity index (χ4v) is 1.62. The van der Waals surface area contributed by atoms with E-state index < -0.39 is 5.82 Å². The number of benzene rings is 1. The van der Waals surface area contributed by atoms with Crippen molar-refractivity contribution in [1.82, 2.24) is 9.78 Å². The Morgan fingerprint density at radius 2 is 2.33 bits per heavy atom. The number of aryl methyl sites for hydroxylation is 1. The monoisotopic (exact) mass is 265 g/mol. The van der Waals surface area contributed by atoms with E-state index in [0.29, 0.717) is 10.8 Å². The first kappa shape index (κ1) is 12.4. The summed E-state index contributed by atoms with van der Waals surface area (Å²) in [4.78, 5) is 0. The Kier molecular flexibility index (Phi) is 3.49. The van der Waals surface area contributed by atoms with Gasteiger partial charge in [-0.3, -0.25) is 4.68 Å². The highest BCUT2D eigenvalue weighted by atomic mass is 35.5. The maximum Gasteiger partial charge on any atom is 0.144 e. The zero-order chi connectivity index (χ0) is 13.1. The molecule has 0 radical (unpaired) electrons. The van der Waals surface area contributed by atoms with Gasteiger partial charge in [0, 0.05) is 13.1 Å². The predicted octanol–water partition coefficient (Wildman–Crippen LogP) is 2.66. The molecule has 1 aromatic heterocycles. The molecule has 0 aliphatic heterocycles. The van der Waals surface area contributed by atoms with Crippen LogP contribution in [-0.4, -0.2) is 9.78 Å². The molecule has 0 unspecified atom stereocenters. The highest BCUT2D eigenvalue weighted by Crippen LogP contribution is 2.21. The molecule has 18 heavy (non-hydrogen) atoms. The zero-order valence-corrected chi connectivity index (χ0v) is 10.3. The number of halogens is 2. The second-order valence-corrected chi connectivity index (χ2v) is 3.98. The van der Waals surface area contributed by atoms with E-state index in [1.165, 1.54) is 22.9 Å². The van der Waals surface area contributed by atoms with Gasteiger partial charge in [0.25, 0.3) is 0 Å².